The Morgan fingerprint density at radius 2 is 1.11 bits per heavy atom. The summed E-state index contributed by atoms with van der Waals surface area (Å²) in [6.07, 6.45) is 0. The van der Waals surface area contributed by atoms with Gasteiger partial charge in [-0.3, -0.25) is 0 Å². The maximum atomic E-state index is 5.59. The summed E-state index contributed by atoms with van der Waals surface area (Å²) in [5, 5.41) is 0. The SMILES string of the molecule is Nc1[c-]cc([Se][Se]c2c[c-]c(N)cc2)cc1.[Y].[Y]. The molecule has 0 heterocycles. The van der Waals surface area contributed by atoms with Crippen molar-refractivity contribution in [1.82, 2.24) is 0 Å². The predicted octanol–water partition coefficient (Wildman–Crippen LogP) is -0.279. The summed E-state index contributed by atoms with van der Waals surface area (Å²) < 4.78 is 2.66. The molecule has 0 aliphatic carbocycles. The molecule has 4 N–H and O–H groups in total. The zero-order chi connectivity index (χ0) is 11.4. The van der Waals surface area contributed by atoms with E-state index < -0.39 is 0 Å². The molecular formula is C12H10N2Se2Y2-2. The Balaban J connectivity index is 0.00000144. The molecule has 0 fully saturated rings. The van der Waals surface area contributed by atoms with Crippen molar-refractivity contribution < 1.29 is 65.4 Å². The zero-order valence-corrected chi connectivity index (χ0v) is 18.7. The predicted molar refractivity (Wildman–Crippen MR) is 70.2 cm³/mol. The molecule has 0 saturated carbocycles. The van der Waals surface area contributed by atoms with Gasteiger partial charge in [0.05, 0.1) is 0 Å². The molecule has 0 saturated heterocycles. The summed E-state index contributed by atoms with van der Waals surface area (Å²) in [7, 11) is 0. The van der Waals surface area contributed by atoms with Crippen LogP contribution < -0.4 is 20.4 Å². The van der Waals surface area contributed by atoms with E-state index in [1.54, 1.807) is 0 Å². The van der Waals surface area contributed by atoms with E-state index in [0.29, 0.717) is 37.6 Å². The van der Waals surface area contributed by atoms with Gasteiger partial charge in [-0.25, -0.2) is 0 Å². The van der Waals surface area contributed by atoms with E-state index in [0.717, 1.165) is 0 Å². The fourth-order valence-corrected chi connectivity index (χ4v) is 6.78. The van der Waals surface area contributed by atoms with E-state index in [-0.39, 0.29) is 65.4 Å². The van der Waals surface area contributed by atoms with Crippen molar-refractivity contribution in [2.24, 2.45) is 0 Å². The van der Waals surface area contributed by atoms with E-state index in [2.05, 4.69) is 24.3 Å². The normalized spacial score (nSPS) is 9.11. The first-order valence-corrected chi connectivity index (χ1v) is 10.7. The van der Waals surface area contributed by atoms with Gasteiger partial charge >= 0.3 is 107 Å². The first-order chi connectivity index (χ1) is 7.74. The molecule has 0 unspecified atom stereocenters. The molecule has 2 radical (unpaired) electrons. The third-order valence-corrected chi connectivity index (χ3v) is 9.00. The van der Waals surface area contributed by atoms with Crippen LogP contribution in [0, 0.1) is 12.1 Å². The van der Waals surface area contributed by atoms with Crippen molar-refractivity contribution in [3.05, 3.63) is 48.5 Å². The third-order valence-electron chi connectivity index (χ3n) is 1.85. The van der Waals surface area contributed by atoms with Crippen LogP contribution in [0.5, 0.6) is 0 Å². The molecule has 0 bridgehead atoms. The van der Waals surface area contributed by atoms with Gasteiger partial charge < -0.3 is 0 Å². The number of nitrogen functional groups attached to an aromatic ring is 2. The van der Waals surface area contributed by atoms with Gasteiger partial charge in [0.25, 0.3) is 0 Å². The average Bonchev–Trinajstić information content (AvgIpc) is 2.30. The van der Waals surface area contributed by atoms with E-state index >= 15 is 0 Å². The van der Waals surface area contributed by atoms with E-state index in [4.69, 9.17) is 11.5 Å². The first-order valence-electron chi connectivity index (χ1n) is 4.63. The summed E-state index contributed by atoms with van der Waals surface area (Å²) in [4.78, 5) is 0. The number of rotatable bonds is 3. The van der Waals surface area contributed by atoms with Gasteiger partial charge in [-0.15, -0.1) is 0 Å². The van der Waals surface area contributed by atoms with Crippen LogP contribution in [0.4, 0.5) is 11.4 Å². The Labute approximate surface area is 169 Å². The first kappa shape index (κ1) is 19.3. The quantitative estimate of drug-likeness (QED) is 0.334. The second kappa shape index (κ2) is 10.1. The molecule has 0 aromatic heterocycles. The van der Waals surface area contributed by atoms with Gasteiger partial charge in [-0.05, 0) is 0 Å². The van der Waals surface area contributed by atoms with Crippen LogP contribution in [0.3, 0.4) is 0 Å². The Morgan fingerprint density at radius 1 is 0.722 bits per heavy atom. The van der Waals surface area contributed by atoms with Crippen LogP contribution in [0.25, 0.3) is 0 Å². The standard InChI is InChI=1S/C12H10N2Se2.2Y/c13-9-1-5-11(6-2-9)15-16-12-7-3-10(14)4-8-12;;/h1,3,5-8H,13-14H2;;/q-2;;. The second-order valence-corrected chi connectivity index (χ2v) is 9.44. The molecule has 2 rings (SSSR count). The van der Waals surface area contributed by atoms with Gasteiger partial charge in [0.15, 0.2) is 0 Å². The summed E-state index contributed by atoms with van der Waals surface area (Å²) in [6.45, 7) is 0. The average molecular weight is 518 g/mol. The summed E-state index contributed by atoms with van der Waals surface area (Å²) in [5.74, 6) is 0. The van der Waals surface area contributed by atoms with E-state index in [9.17, 15) is 0 Å². The van der Waals surface area contributed by atoms with Gasteiger partial charge in [0, 0.05) is 65.4 Å². The van der Waals surface area contributed by atoms with Crippen LogP contribution in [0.2, 0.25) is 0 Å². The van der Waals surface area contributed by atoms with Crippen LogP contribution in [-0.2, 0) is 65.4 Å². The molecular weight excluding hydrogens is 508 g/mol. The van der Waals surface area contributed by atoms with Crippen LogP contribution in [0.15, 0.2) is 36.4 Å². The van der Waals surface area contributed by atoms with Crippen molar-refractivity contribution in [1.29, 1.82) is 0 Å². The van der Waals surface area contributed by atoms with E-state index in [1.165, 1.54) is 8.92 Å². The summed E-state index contributed by atoms with van der Waals surface area (Å²) in [5.41, 5.74) is 12.6. The molecule has 2 nitrogen and oxygen atoms in total. The number of nitrogens with two attached hydrogens (primary N) is 2. The molecule has 2 aromatic rings. The number of anilines is 2. The second-order valence-electron chi connectivity index (χ2n) is 3.13. The van der Waals surface area contributed by atoms with Gasteiger partial charge in [-0.1, -0.05) is 0 Å². The molecule has 0 amide bonds. The Hall–Kier alpha value is 1.29. The number of hydrogen-bond donors (Lipinski definition) is 2. The largest absolute Gasteiger partial charge is 0 e. The fraction of sp³-hybridized carbons (Fsp3) is 0. The molecule has 0 spiro atoms. The maximum Gasteiger partial charge on any atom is 0 e. The van der Waals surface area contributed by atoms with Crippen LogP contribution in [-0.4, -0.2) is 26.3 Å². The van der Waals surface area contributed by atoms with Crippen molar-refractivity contribution in [2.45, 2.75) is 0 Å². The Bertz CT molecular complexity index is 415. The topological polar surface area (TPSA) is 52.0 Å². The van der Waals surface area contributed by atoms with Crippen molar-refractivity contribution >= 4 is 46.6 Å². The summed E-state index contributed by atoms with van der Waals surface area (Å²) >= 11 is 0.947. The molecule has 18 heavy (non-hydrogen) atoms. The van der Waals surface area contributed by atoms with Crippen molar-refractivity contribution in [3.63, 3.8) is 0 Å². The summed E-state index contributed by atoms with van der Waals surface area (Å²) in [6, 6.07) is 18.0. The smallest absolute Gasteiger partial charge is 0 e. The molecule has 88 valence electrons. The van der Waals surface area contributed by atoms with Crippen molar-refractivity contribution in [2.75, 3.05) is 11.5 Å². The fourth-order valence-electron chi connectivity index (χ4n) is 1.05. The number of benzene rings is 2. The molecule has 0 atom stereocenters. The molecule has 2 aromatic carbocycles. The van der Waals surface area contributed by atoms with Crippen molar-refractivity contribution in [3.8, 4) is 0 Å². The minimum atomic E-state index is 0. The molecule has 6 heteroatoms. The monoisotopic (exact) mass is 520 g/mol. The molecule has 0 aliphatic rings. The van der Waals surface area contributed by atoms with Gasteiger partial charge in [0.2, 0.25) is 0 Å². The third kappa shape index (κ3) is 6.64. The van der Waals surface area contributed by atoms with Gasteiger partial charge in [-0.2, -0.15) is 0 Å². The maximum absolute atomic E-state index is 5.59. The van der Waals surface area contributed by atoms with Crippen LogP contribution in [0.1, 0.15) is 0 Å². The minimum absolute atomic E-state index is 0. The number of hydrogen-bond acceptors (Lipinski definition) is 2. The minimum Gasteiger partial charge on any atom is 0 e. The van der Waals surface area contributed by atoms with Crippen LogP contribution >= 0.6 is 0 Å². The zero-order valence-electron chi connectivity index (χ0n) is 9.59. The van der Waals surface area contributed by atoms with E-state index in [1.807, 2.05) is 24.3 Å². The Morgan fingerprint density at radius 3 is 1.39 bits per heavy atom. The molecule has 0 aliphatic heterocycles. The Kier molecular flexibility index (Phi) is 10.8. The van der Waals surface area contributed by atoms with Gasteiger partial charge in [0.1, 0.15) is 0 Å².